The van der Waals surface area contributed by atoms with Crippen LogP contribution in [0.5, 0.6) is 5.75 Å². The second-order valence-corrected chi connectivity index (χ2v) is 6.94. The van der Waals surface area contributed by atoms with Crippen LogP contribution in [0.15, 0.2) is 18.2 Å². The van der Waals surface area contributed by atoms with Gasteiger partial charge in [0.1, 0.15) is 5.75 Å². The van der Waals surface area contributed by atoms with Crippen LogP contribution in [0.1, 0.15) is 42.9 Å². The standard InChI is InChI=1S/C14H19ClN4OS/c1-14(2,3)13-12(21-19-18-13)11(17-16)9-7-8(15)5-6-10(9)20-4/h5-7,11,17H,16H2,1-4H3. The molecule has 0 aliphatic carbocycles. The van der Waals surface area contributed by atoms with Gasteiger partial charge >= 0.3 is 0 Å². The lowest BCUT2D eigenvalue weighted by atomic mass is 9.89. The molecule has 5 nitrogen and oxygen atoms in total. The third kappa shape index (κ3) is 3.35. The number of hydrogen-bond acceptors (Lipinski definition) is 6. The highest BCUT2D eigenvalue weighted by Gasteiger charge is 2.29. The molecule has 114 valence electrons. The van der Waals surface area contributed by atoms with Crippen molar-refractivity contribution in [3.05, 3.63) is 39.4 Å². The van der Waals surface area contributed by atoms with Crippen molar-refractivity contribution in [1.29, 1.82) is 0 Å². The molecule has 0 amide bonds. The Bertz CT molecular complexity index is 624. The molecule has 3 N–H and O–H groups in total. The van der Waals surface area contributed by atoms with Crippen molar-refractivity contribution < 1.29 is 4.74 Å². The van der Waals surface area contributed by atoms with E-state index in [2.05, 4.69) is 35.8 Å². The Kier molecular flexibility index (Phi) is 4.83. The number of nitrogens with one attached hydrogen (secondary N) is 1. The first-order valence-corrected chi connectivity index (χ1v) is 7.66. The zero-order valence-corrected chi connectivity index (χ0v) is 14.0. The maximum atomic E-state index is 6.11. The van der Waals surface area contributed by atoms with E-state index in [1.165, 1.54) is 11.5 Å². The molecule has 0 aliphatic heterocycles. The average Bonchev–Trinajstić information content (AvgIpc) is 2.89. The van der Waals surface area contributed by atoms with Gasteiger partial charge in [0.25, 0.3) is 0 Å². The number of aromatic nitrogens is 2. The zero-order chi connectivity index (χ0) is 15.6. The Morgan fingerprint density at radius 2 is 2.10 bits per heavy atom. The summed E-state index contributed by atoms with van der Waals surface area (Å²) in [5, 5.41) is 4.88. The number of nitrogens with zero attached hydrogens (tertiary/aromatic N) is 2. The Morgan fingerprint density at radius 1 is 1.38 bits per heavy atom. The summed E-state index contributed by atoms with van der Waals surface area (Å²) in [6.45, 7) is 6.28. The lowest BCUT2D eigenvalue weighted by Gasteiger charge is -2.23. The van der Waals surface area contributed by atoms with E-state index in [0.717, 1.165) is 21.9 Å². The molecule has 0 spiro atoms. The summed E-state index contributed by atoms with van der Waals surface area (Å²) in [5.74, 6) is 6.50. The monoisotopic (exact) mass is 326 g/mol. The molecule has 2 rings (SSSR count). The summed E-state index contributed by atoms with van der Waals surface area (Å²) in [6.07, 6.45) is 0. The Labute approximate surface area is 133 Å². The highest BCUT2D eigenvalue weighted by Crippen LogP contribution is 2.37. The summed E-state index contributed by atoms with van der Waals surface area (Å²) in [7, 11) is 1.62. The lowest BCUT2D eigenvalue weighted by molar-refractivity contribution is 0.404. The van der Waals surface area contributed by atoms with E-state index in [4.69, 9.17) is 22.2 Å². The molecule has 0 aliphatic rings. The molecule has 1 aromatic carbocycles. The molecule has 0 fully saturated rings. The van der Waals surface area contributed by atoms with Gasteiger partial charge in [0.05, 0.1) is 23.7 Å². The van der Waals surface area contributed by atoms with E-state index < -0.39 is 0 Å². The SMILES string of the molecule is COc1ccc(Cl)cc1C(NN)c1snnc1C(C)(C)C. The maximum absolute atomic E-state index is 6.11. The van der Waals surface area contributed by atoms with Gasteiger partial charge in [-0.25, -0.2) is 5.43 Å². The Morgan fingerprint density at radius 3 is 2.67 bits per heavy atom. The van der Waals surface area contributed by atoms with Crippen LogP contribution >= 0.6 is 23.1 Å². The van der Waals surface area contributed by atoms with Gasteiger partial charge in [0.2, 0.25) is 0 Å². The van der Waals surface area contributed by atoms with Crippen molar-refractivity contribution in [3.63, 3.8) is 0 Å². The molecule has 0 bridgehead atoms. The zero-order valence-electron chi connectivity index (χ0n) is 12.5. The van der Waals surface area contributed by atoms with Gasteiger partial charge in [0.15, 0.2) is 0 Å². The molecule has 1 aromatic heterocycles. The second kappa shape index (κ2) is 6.27. The predicted octanol–water partition coefficient (Wildman–Crippen LogP) is 3.05. The first-order chi connectivity index (χ1) is 9.88. The number of ether oxygens (including phenoxy) is 1. The van der Waals surface area contributed by atoms with Crippen LogP contribution in [0.4, 0.5) is 0 Å². The minimum absolute atomic E-state index is 0.122. The van der Waals surface area contributed by atoms with Crippen LogP contribution in [0.3, 0.4) is 0 Å². The molecule has 1 atom stereocenters. The highest BCUT2D eigenvalue weighted by molar-refractivity contribution is 7.05. The number of hydrogen-bond donors (Lipinski definition) is 2. The first kappa shape index (κ1) is 16.2. The molecule has 21 heavy (non-hydrogen) atoms. The molecule has 1 unspecified atom stereocenters. The van der Waals surface area contributed by atoms with Crippen molar-refractivity contribution in [2.75, 3.05) is 7.11 Å². The third-order valence-electron chi connectivity index (χ3n) is 3.16. The fraction of sp³-hybridized carbons (Fsp3) is 0.429. The number of methoxy groups -OCH3 is 1. The van der Waals surface area contributed by atoms with Crippen molar-refractivity contribution in [2.24, 2.45) is 5.84 Å². The van der Waals surface area contributed by atoms with Crippen LogP contribution < -0.4 is 16.0 Å². The predicted molar refractivity (Wildman–Crippen MR) is 85.8 cm³/mol. The van der Waals surface area contributed by atoms with Crippen molar-refractivity contribution in [1.82, 2.24) is 15.0 Å². The summed E-state index contributed by atoms with van der Waals surface area (Å²) in [4.78, 5) is 0.963. The van der Waals surface area contributed by atoms with Crippen LogP contribution in [0, 0.1) is 0 Å². The van der Waals surface area contributed by atoms with Gasteiger partial charge in [-0.3, -0.25) is 5.84 Å². The normalized spacial score (nSPS) is 13.2. The van der Waals surface area contributed by atoms with E-state index in [1.54, 1.807) is 13.2 Å². The van der Waals surface area contributed by atoms with Gasteiger partial charge in [-0.05, 0) is 29.7 Å². The number of rotatable bonds is 4. The summed E-state index contributed by atoms with van der Waals surface area (Å²) < 4.78 is 9.50. The quantitative estimate of drug-likeness (QED) is 0.667. The van der Waals surface area contributed by atoms with Crippen molar-refractivity contribution in [2.45, 2.75) is 32.2 Å². The Hall–Kier alpha value is -1.21. The van der Waals surface area contributed by atoms with Crippen molar-refractivity contribution >= 4 is 23.1 Å². The van der Waals surface area contributed by atoms with Crippen LogP contribution in [-0.4, -0.2) is 16.7 Å². The van der Waals surface area contributed by atoms with Gasteiger partial charge in [0, 0.05) is 16.0 Å². The van der Waals surface area contributed by atoms with E-state index in [-0.39, 0.29) is 11.5 Å². The lowest BCUT2D eigenvalue weighted by Crippen LogP contribution is -2.30. The average molecular weight is 327 g/mol. The van der Waals surface area contributed by atoms with Crippen molar-refractivity contribution in [3.8, 4) is 5.75 Å². The number of benzene rings is 1. The van der Waals surface area contributed by atoms with Gasteiger partial charge in [-0.1, -0.05) is 36.9 Å². The van der Waals surface area contributed by atoms with Crippen LogP contribution in [0.2, 0.25) is 5.02 Å². The number of halogens is 1. The minimum atomic E-state index is -0.270. The van der Waals surface area contributed by atoms with E-state index in [9.17, 15) is 0 Å². The minimum Gasteiger partial charge on any atom is -0.496 e. The number of nitrogens with two attached hydrogens (primary N) is 1. The summed E-state index contributed by atoms with van der Waals surface area (Å²) in [6, 6.07) is 5.19. The molecule has 0 radical (unpaired) electrons. The Balaban J connectivity index is 2.56. The fourth-order valence-electron chi connectivity index (χ4n) is 2.14. The molecule has 0 saturated carbocycles. The molecule has 2 aromatic rings. The number of hydrazine groups is 1. The molecule has 7 heteroatoms. The maximum Gasteiger partial charge on any atom is 0.124 e. The molecular formula is C14H19ClN4OS. The van der Waals surface area contributed by atoms with Gasteiger partial charge in [-0.2, -0.15) is 0 Å². The topological polar surface area (TPSA) is 73.1 Å². The highest BCUT2D eigenvalue weighted by atomic mass is 35.5. The molecular weight excluding hydrogens is 308 g/mol. The third-order valence-corrected chi connectivity index (χ3v) is 4.18. The van der Waals surface area contributed by atoms with E-state index in [1.807, 2.05) is 12.1 Å². The smallest absolute Gasteiger partial charge is 0.124 e. The summed E-state index contributed by atoms with van der Waals surface area (Å²) in [5.41, 5.74) is 4.48. The molecule has 0 saturated heterocycles. The fourth-order valence-corrected chi connectivity index (χ4v) is 3.27. The molecule has 1 heterocycles. The van der Waals surface area contributed by atoms with Crippen LogP contribution in [-0.2, 0) is 5.41 Å². The van der Waals surface area contributed by atoms with E-state index in [0.29, 0.717) is 5.02 Å². The first-order valence-electron chi connectivity index (χ1n) is 6.50. The van der Waals surface area contributed by atoms with Crippen LogP contribution in [0.25, 0.3) is 0 Å². The summed E-state index contributed by atoms with van der Waals surface area (Å²) >= 11 is 7.44. The van der Waals surface area contributed by atoms with E-state index >= 15 is 0 Å². The largest absolute Gasteiger partial charge is 0.496 e. The van der Waals surface area contributed by atoms with Gasteiger partial charge in [-0.15, -0.1) is 5.10 Å². The van der Waals surface area contributed by atoms with Gasteiger partial charge < -0.3 is 4.74 Å². The second-order valence-electron chi connectivity index (χ2n) is 5.72.